The van der Waals surface area contributed by atoms with Crippen molar-refractivity contribution in [2.75, 3.05) is 0 Å². The first kappa shape index (κ1) is 13.8. The highest BCUT2D eigenvalue weighted by molar-refractivity contribution is 5.90. The second-order valence-corrected chi connectivity index (χ2v) is 4.73. The highest BCUT2D eigenvalue weighted by Crippen LogP contribution is 2.13. The summed E-state index contributed by atoms with van der Waals surface area (Å²) in [7, 11) is 0. The van der Waals surface area contributed by atoms with Gasteiger partial charge in [-0.25, -0.2) is 14.3 Å². The van der Waals surface area contributed by atoms with Crippen LogP contribution < -0.4 is 0 Å². The largest absolute Gasteiger partial charge is 0.457 e. The minimum absolute atomic E-state index is 0.194. The maximum Gasteiger partial charge on any atom is 0.341 e. The lowest BCUT2D eigenvalue weighted by Gasteiger charge is -2.08. The van der Waals surface area contributed by atoms with Crippen LogP contribution >= 0.6 is 0 Å². The average molecular weight is 292 g/mol. The predicted octanol–water partition coefficient (Wildman–Crippen LogP) is 2.27. The second kappa shape index (κ2) is 5.66. The third-order valence-corrected chi connectivity index (χ3v) is 3.27. The fourth-order valence-electron chi connectivity index (χ4n) is 2.10. The number of aromatic nitrogens is 3. The van der Waals surface area contributed by atoms with Gasteiger partial charge >= 0.3 is 5.97 Å². The molecule has 22 heavy (non-hydrogen) atoms. The molecule has 0 fully saturated rings. The standard InChI is InChI=1S/C16H12N4O2/c1-11-14(9-18-15-7-13(8-17)19-20(11)15)16(21)22-10-12-5-3-2-4-6-12/h2-7,9H,10H2,1H3. The molecule has 6 nitrogen and oxygen atoms in total. The topological polar surface area (TPSA) is 80.3 Å². The van der Waals surface area contributed by atoms with Gasteiger partial charge in [0.2, 0.25) is 0 Å². The molecular weight excluding hydrogens is 280 g/mol. The number of rotatable bonds is 3. The van der Waals surface area contributed by atoms with E-state index in [1.807, 2.05) is 36.4 Å². The Morgan fingerprint density at radius 3 is 2.86 bits per heavy atom. The third-order valence-electron chi connectivity index (χ3n) is 3.27. The number of ether oxygens (including phenoxy) is 1. The van der Waals surface area contributed by atoms with Gasteiger partial charge in [0, 0.05) is 12.3 Å². The summed E-state index contributed by atoms with van der Waals surface area (Å²) < 4.78 is 6.76. The molecule has 0 aliphatic carbocycles. The van der Waals surface area contributed by atoms with Crippen molar-refractivity contribution in [2.45, 2.75) is 13.5 Å². The molecule has 0 aliphatic heterocycles. The van der Waals surface area contributed by atoms with E-state index >= 15 is 0 Å². The van der Waals surface area contributed by atoms with E-state index in [9.17, 15) is 4.79 Å². The molecule has 0 saturated heterocycles. The molecule has 0 unspecified atom stereocenters. The maximum absolute atomic E-state index is 12.2. The average Bonchev–Trinajstić information content (AvgIpc) is 2.98. The molecule has 0 bridgehead atoms. The number of carbonyl (C=O) groups excluding carboxylic acids is 1. The van der Waals surface area contributed by atoms with Gasteiger partial charge in [0.05, 0.1) is 11.3 Å². The molecule has 0 atom stereocenters. The molecule has 1 aromatic carbocycles. The van der Waals surface area contributed by atoms with E-state index in [0.29, 0.717) is 16.9 Å². The van der Waals surface area contributed by atoms with Crippen molar-refractivity contribution >= 4 is 11.6 Å². The normalized spacial score (nSPS) is 10.4. The molecule has 6 heteroatoms. The van der Waals surface area contributed by atoms with E-state index in [1.165, 1.54) is 10.7 Å². The number of hydrogen-bond donors (Lipinski definition) is 0. The SMILES string of the molecule is Cc1c(C(=O)OCc2ccccc2)cnc2cc(C#N)nn12. The van der Waals surface area contributed by atoms with E-state index in [4.69, 9.17) is 10.00 Å². The predicted molar refractivity (Wildman–Crippen MR) is 78.0 cm³/mol. The van der Waals surface area contributed by atoms with Crippen LogP contribution in [0.3, 0.4) is 0 Å². The van der Waals surface area contributed by atoms with E-state index in [2.05, 4.69) is 10.1 Å². The summed E-state index contributed by atoms with van der Waals surface area (Å²) >= 11 is 0. The smallest absolute Gasteiger partial charge is 0.341 e. The molecular formula is C16H12N4O2. The van der Waals surface area contributed by atoms with Crippen LogP contribution in [0.1, 0.15) is 27.3 Å². The first-order valence-corrected chi connectivity index (χ1v) is 6.65. The highest BCUT2D eigenvalue weighted by Gasteiger charge is 2.15. The van der Waals surface area contributed by atoms with Crippen molar-refractivity contribution in [3.05, 3.63) is 65.1 Å². The molecule has 2 aromatic heterocycles. The summed E-state index contributed by atoms with van der Waals surface area (Å²) in [5.74, 6) is -0.468. The Balaban J connectivity index is 1.85. The zero-order valence-corrected chi connectivity index (χ0v) is 11.9. The zero-order chi connectivity index (χ0) is 15.5. The Hall–Kier alpha value is -3.20. The van der Waals surface area contributed by atoms with Crippen molar-refractivity contribution in [1.82, 2.24) is 14.6 Å². The molecule has 0 radical (unpaired) electrons. The molecule has 108 valence electrons. The fraction of sp³-hybridized carbons (Fsp3) is 0.125. The number of hydrogen-bond acceptors (Lipinski definition) is 5. The number of carbonyl (C=O) groups is 1. The van der Waals surface area contributed by atoms with Crippen molar-refractivity contribution in [1.29, 1.82) is 5.26 Å². The van der Waals surface area contributed by atoms with E-state index in [0.717, 1.165) is 5.56 Å². The number of benzene rings is 1. The highest BCUT2D eigenvalue weighted by atomic mass is 16.5. The van der Waals surface area contributed by atoms with Gasteiger partial charge < -0.3 is 4.74 Å². The number of esters is 1. The van der Waals surface area contributed by atoms with Gasteiger partial charge in [0.15, 0.2) is 11.3 Å². The fourth-order valence-corrected chi connectivity index (χ4v) is 2.10. The Labute approximate surface area is 126 Å². The van der Waals surface area contributed by atoms with E-state index in [1.54, 1.807) is 13.0 Å². The monoisotopic (exact) mass is 292 g/mol. The van der Waals surface area contributed by atoms with Crippen molar-refractivity contribution < 1.29 is 9.53 Å². The van der Waals surface area contributed by atoms with Crippen molar-refractivity contribution in [2.24, 2.45) is 0 Å². The summed E-state index contributed by atoms with van der Waals surface area (Å²) in [6, 6.07) is 12.9. The van der Waals surface area contributed by atoms with Gasteiger partial charge in [-0.3, -0.25) is 0 Å². The summed E-state index contributed by atoms with van der Waals surface area (Å²) in [6.07, 6.45) is 1.45. The van der Waals surface area contributed by atoms with Crippen LogP contribution in [-0.4, -0.2) is 20.6 Å². The zero-order valence-electron chi connectivity index (χ0n) is 11.9. The molecule has 0 aliphatic rings. The molecule has 3 rings (SSSR count). The van der Waals surface area contributed by atoms with Gasteiger partial charge in [-0.05, 0) is 12.5 Å². The van der Waals surface area contributed by atoms with Gasteiger partial charge in [-0.1, -0.05) is 30.3 Å². The first-order valence-electron chi connectivity index (χ1n) is 6.65. The lowest BCUT2D eigenvalue weighted by molar-refractivity contribution is 0.0470. The number of aryl methyl sites for hydroxylation is 1. The van der Waals surface area contributed by atoms with Crippen LogP contribution in [0.15, 0.2) is 42.6 Å². The van der Waals surface area contributed by atoms with E-state index in [-0.39, 0.29) is 12.3 Å². The van der Waals surface area contributed by atoms with Gasteiger partial charge in [-0.15, -0.1) is 0 Å². The second-order valence-electron chi connectivity index (χ2n) is 4.73. The lowest BCUT2D eigenvalue weighted by atomic mass is 10.2. The van der Waals surface area contributed by atoms with Crippen LogP contribution in [-0.2, 0) is 11.3 Å². The number of nitriles is 1. The Morgan fingerprint density at radius 1 is 1.36 bits per heavy atom. The third kappa shape index (κ3) is 2.52. The number of nitrogens with zero attached hydrogens (tertiary/aromatic N) is 4. The van der Waals surface area contributed by atoms with Crippen LogP contribution in [0.5, 0.6) is 0 Å². The molecule has 3 aromatic rings. The molecule has 0 spiro atoms. The molecule has 0 N–H and O–H groups in total. The van der Waals surface area contributed by atoms with Crippen LogP contribution in [0.2, 0.25) is 0 Å². The first-order chi connectivity index (χ1) is 10.7. The Bertz CT molecular complexity index is 878. The minimum Gasteiger partial charge on any atom is -0.457 e. The van der Waals surface area contributed by atoms with Gasteiger partial charge in [0.1, 0.15) is 12.7 Å². The van der Waals surface area contributed by atoms with Gasteiger partial charge in [-0.2, -0.15) is 10.4 Å². The summed E-state index contributed by atoms with van der Waals surface area (Å²) in [5, 5.41) is 13.0. The molecule has 2 heterocycles. The molecule has 0 amide bonds. The van der Waals surface area contributed by atoms with Crippen LogP contribution in [0.4, 0.5) is 0 Å². The van der Waals surface area contributed by atoms with Gasteiger partial charge in [0.25, 0.3) is 0 Å². The van der Waals surface area contributed by atoms with Crippen LogP contribution in [0.25, 0.3) is 5.65 Å². The quantitative estimate of drug-likeness (QED) is 0.692. The summed E-state index contributed by atoms with van der Waals surface area (Å²) in [6.45, 7) is 1.93. The van der Waals surface area contributed by atoms with Crippen LogP contribution in [0, 0.1) is 18.3 Å². The minimum atomic E-state index is -0.468. The maximum atomic E-state index is 12.2. The van der Waals surface area contributed by atoms with E-state index < -0.39 is 5.97 Å². The Kier molecular flexibility index (Phi) is 3.54. The van der Waals surface area contributed by atoms with Crippen molar-refractivity contribution in [3.63, 3.8) is 0 Å². The Morgan fingerprint density at radius 2 is 2.14 bits per heavy atom. The summed E-state index contributed by atoms with van der Waals surface area (Å²) in [4.78, 5) is 16.3. The van der Waals surface area contributed by atoms with Crippen molar-refractivity contribution in [3.8, 4) is 6.07 Å². The summed E-state index contributed by atoms with van der Waals surface area (Å²) in [5.41, 5.74) is 2.60. The molecule has 0 saturated carbocycles. The lowest BCUT2D eigenvalue weighted by Crippen LogP contribution is -2.11. The number of fused-ring (bicyclic) bond motifs is 1.